The molecule has 0 atom stereocenters. The van der Waals surface area contributed by atoms with Crippen molar-refractivity contribution in [3.05, 3.63) is 22.9 Å². The largest absolute Gasteiger partial charge is 0.354 e. The minimum atomic E-state index is 0.541. The zero-order valence-corrected chi connectivity index (χ0v) is 13.2. The molecule has 0 spiro atoms. The van der Waals surface area contributed by atoms with E-state index in [4.69, 9.17) is 16.6 Å². The van der Waals surface area contributed by atoms with Crippen molar-refractivity contribution >= 4 is 17.4 Å². The van der Waals surface area contributed by atoms with E-state index in [0.717, 1.165) is 37.7 Å². The van der Waals surface area contributed by atoms with Gasteiger partial charge in [-0.3, -0.25) is 4.90 Å². The number of aromatic nitrogens is 1. The molecule has 1 aromatic rings. The maximum atomic E-state index is 6.11. The second kappa shape index (κ2) is 6.10. The molecule has 1 aliphatic heterocycles. The van der Waals surface area contributed by atoms with Crippen molar-refractivity contribution in [1.29, 1.82) is 0 Å². The summed E-state index contributed by atoms with van der Waals surface area (Å²) in [4.78, 5) is 9.62. The number of piperazine rings is 1. The smallest absolute Gasteiger partial charge is 0.133 e. The monoisotopic (exact) mass is 281 g/mol. The van der Waals surface area contributed by atoms with Crippen LogP contribution in [-0.4, -0.2) is 42.1 Å². The zero-order chi connectivity index (χ0) is 14.0. The van der Waals surface area contributed by atoms with Crippen LogP contribution in [0, 0.1) is 13.8 Å². The molecule has 0 unspecified atom stereocenters. The minimum absolute atomic E-state index is 0.541. The fourth-order valence-corrected chi connectivity index (χ4v) is 3.05. The lowest BCUT2D eigenvalue weighted by atomic mass is 10.1. The highest BCUT2D eigenvalue weighted by Crippen LogP contribution is 2.25. The Balaban J connectivity index is 2.19. The third-order valence-electron chi connectivity index (χ3n) is 3.93. The molecule has 0 amide bonds. The van der Waals surface area contributed by atoms with E-state index in [0.29, 0.717) is 11.9 Å². The molecule has 2 rings (SSSR count). The van der Waals surface area contributed by atoms with E-state index in [1.54, 1.807) is 0 Å². The van der Waals surface area contributed by atoms with Gasteiger partial charge < -0.3 is 4.90 Å². The maximum absolute atomic E-state index is 6.11. The van der Waals surface area contributed by atoms with Crippen LogP contribution in [0.2, 0.25) is 0 Å². The summed E-state index contributed by atoms with van der Waals surface area (Å²) < 4.78 is 0. The summed E-state index contributed by atoms with van der Waals surface area (Å²) >= 11 is 6.11. The number of anilines is 1. The normalized spacial score (nSPS) is 17.3. The third kappa shape index (κ3) is 3.21. The standard InChI is InChI=1S/C15H24ClN3/c1-11(2)18-5-7-19(8-6-18)15-14(10-16)12(3)9-13(4)17-15/h9,11H,5-8,10H2,1-4H3. The van der Waals surface area contributed by atoms with Crippen LogP contribution in [0.1, 0.15) is 30.7 Å². The Morgan fingerprint density at radius 2 is 1.84 bits per heavy atom. The molecule has 19 heavy (non-hydrogen) atoms. The zero-order valence-electron chi connectivity index (χ0n) is 12.4. The van der Waals surface area contributed by atoms with E-state index >= 15 is 0 Å². The molecule has 0 N–H and O–H groups in total. The highest BCUT2D eigenvalue weighted by atomic mass is 35.5. The van der Waals surface area contributed by atoms with Crippen LogP contribution < -0.4 is 4.90 Å². The van der Waals surface area contributed by atoms with Crippen molar-refractivity contribution in [2.24, 2.45) is 0 Å². The van der Waals surface area contributed by atoms with Gasteiger partial charge in [0.05, 0.1) is 5.88 Å². The van der Waals surface area contributed by atoms with Gasteiger partial charge in [-0.1, -0.05) is 0 Å². The molecule has 106 valence electrons. The van der Waals surface area contributed by atoms with Crippen LogP contribution >= 0.6 is 11.6 Å². The number of alkyl halides is 1. The second-order valence-electron chi connectivity index (χ2n) is 5.63. The fourth-order valence-electron chi connectivity index (χ4n) is 2.72. The number of hydrogen-bond donors (Lipinski definition) is 0. The number of pyridine rings is 1. The van der Waals surface area contributed by atoms with Crippen molar-refractivity contribution < 1.29 is 0 Å². The molecule has 0 radical (unpaired) electrons. The van der Waals surface area contributed by atoms with Gasteiger partial charge in [-0.2, -0.15) is 0 Å². The Morgan fingerprint density at radius 3 is 2.37 bits per heavy atom. The molecule has 1 aliphatic rings. The summed E-state index contributed by atoms with van der Waals surface area (Å²) in [6.07, 6.45) is 0. The summed E-state index contributed by atoms with van der Waals surface area (Å²) in [6, 6.07) is 2.74. The summed E-state index contributed by atoms with van der Waals surface area (Å²) in [7, 11) is 0. The lowest BCUT2D eigenvalue weighted by Gasteiger charge is -2.38. The van der Waals surface area contributed by atoms with Crippen molar-refractivity contribution in [1.82, 2.24) is 9.88 Å². The van der Waals surface area contributed by atoms with E-state index < -0.39 is 0 Å². The second-order valence-corrected chi connectivity index (χ2v) is 5.90. The van der Waals surface area contributed by atoms with Crippen LogP contribution in [0.3, 0.4) is 0 Å². The van der Waals surface area contributed by atoms with Gasteiger partial charge >= 0.3 is 0 Å². The first-order chi connectivity index (χ1) is 9.02. The molecule has 1 saturated heterocycles. The summed E-state index contributed by atoms with van der Waals surface area (Å²) in [5.41, 5.74) is 3.52. The Kier molecular flexibility index (Phi) is 4.69. The molecule has 1 fully saturated rings. The van der Waals surface area contributed by atoms with Crippen LogP contribution in [-0.2, 0) is 5.88 Å². The van der Waals surface area contributed by atoms with Crippen molar-refractivity contribution in [3.8, 4) is 0 Å². The number of nitrogens with zero attached hydrogens (tertiary/aromatic N) is 3. The Hall–Kier alpha value is -0.800. The summed E-state index contributed by atoms with van der Waals surface area (Å²) in [5.74, 6) is 1.63. The first-order valence-electron chi connectivity index (χ1n) is 7.05. The van der Waals surface area contributed by atoms with Crippen molar-refractivity contribution in [2.45, 2.75) is 39.6 Å². The predicted octanol–water partition coefficient (Wildman–Crippen LogP) is 2.97. The van der Waals surface area contributed by atoms with Gasteiger partial charge in [0.25, 0.3) is 0 Å². The van der Waals surface area contributed by atoms with Gasteiger partial charge in [-0.05, 0) is 39.3 Å². The lowest BCUT2D eigenvalue weighted by Crippen LogP contribution is -2.49. The van der Waals surface area contributed by atoms with Crippen molar-refractivity contribution in [3.63, 3.8) is 0 Å². The predicted molar refractivity (Wildman–Crippen MR) is 82.2 cm³/mol. The number of hydrogen-bond acceptors (Lipinski definition) is 3. The first-order valence-corrected chi connectivity index (χ1v) is 7.58. The lowest BCUT2D eigenvalue weighted by molar-refractivity contribution is 0.209. The van der Waals surface area contributed by atoms with E-state index in [2.05, 4.69) is 43.6 Å². The molecule has 0 aliphatic carbocycles. The van der Waals surface area contributed by atoms with Gasteiger partial charge in [-0.15, -0.1) is 11.6 Å². The van der Waals surface area contributed by atoms with Crippen LogP contribution in [0.4, 0.5) is 5.82 Å². The Morgan fingerprint density at radius 1 is 1.21 bits per heavy atom. The molecular formula is C15H24ClN3. The van der Waals surface area contributed by atoms with Gasteiger partial charge in [0.2, 0.25) is 0 Å². The van der Waals surface area contributed by atoms with Crippen LogP contribution in [0.5, 0.6) is 0 Å². The minimum Gasteiger partial charge on any atom is -0.354 e. The van der Waals surface area contributed by atoms with Crippen molar-refractivity contribution in [2.75, 3.05) is 31.1 Å². The molecule has 0 aromatic carbocycles. The Labute approximate surface area is 121 Å². The topological polar surface area (TPSA) is 19.4 Å². The molecule has 4 heteroatoms. The molecule has 0 bridgehead atoms. The van der Waals surface area contributed by atoms with Crippen LogP contribution in [0.15, 0.2) is 6.07 Å². The van der Waals surface area contributed by atoms with Crippen LogP contribution in [0.25, 0.3) is 0 Å². The highest BCUT2D eigenvalue weighted by molar-refractivity contribution is 6.17. The third-order valence-corrected chi connectivity index (χ3v) is 4.20. The quantitative estimate of drug-likeness (QED) is 0.794. The molecular weight excluding hydrogens is 258 g/mol. The summed E-state index contributed by atoms with van der Waals surface area (Å²) in [6.45, 7) is 13.0. The average Bonchev–Trinajstić information content (AvgIpc) is 2.38. The van der Waals surface area contributed by atoms with E-state index in [9.17, 15) is 0 Å². The van der Waals surface area contributed by atoms with E-state index in [1.807, 2.05) is 0 Å². The highest BCUT2D eigenvalue weighted by Gasteiger charge is 2.22. The summed E-state index contributed by atoms with van der Waals surface area (Å²) in [5, 5.41) is 0. The van der Waals surface area contributed by atoms with E-state index in [-0.39, 0.29) is 0 Å². The number of aryl methyl sites for hydroxylation is 2. The Bertz CT molecular complexity index is 437. The SMILES string of the molecule is Cc1cc(C)c(CCl)c(N2CCN(C(C)C)CC2)n1. The number of rotatable bonds is 3. The number of halogens is 1. The van der Waals surface area contributed by atoms with E-state index in [1.165, 1.54) is 11.1 Å². The molecule has 3 nitrogen and oxygen atoms in total. The molecule has 2 heterocycles. The fraction of sp³-hybridized carbons (Fsp3) is 0.667. The van der Waals surface area contributed by atoms with Gasteiger partial charge in [0.15, 0.2) is 0 Å². The molecule has 1 aromatic heterocycles. The van der Waals surface area contributed by atoms with Gasteiger partial charge in [0.1, 0.15) is 5.82 Å². The molecule has 0 saturated carbocycles. The van der Waals surface area contributed by atoms with Gasteiger partial charge in [-0.25, -0.2) is 4.98 Å². The maximum Gasteiger partial charge on any atom is 0.133 e. The van der Waals surface area contributed by atoms with Gasteiger partial charge in [0, 0.05) is 43.5 Å². The average molecular weight is 282 g/mol. The first kappa shape index (κ1) is 14.6.